The molecule has 0 aliphatic carbocycles. The third-order valence-corrected chi connectivity index (χ3v) is 3.38. The van der Waals surface area contributed by atoms with Crippen LogP contribution in [0.25, 0.3) is 10.2 Å². The molecule has 3 aromatic heterocycles. The van der Waals surface area contributed by atoms with E-state index in [1.807, 2.05) is 35.4 Å². The van der Waals surface area contributed by atoms with E-state index < -0.39 is 0 Å². The van der Waals surface area contributed by atoms with E-state index in [1.165, 1.54) is 0 Å². The SMILES string of the molecule is Cc1cnn(Cc2nc(NN)c3ccsc3n2)c1. The van der Waals surface area contributed by atoms with Crippen LogP contribution in [-0.4, -0.2) is 19.7 Å². The number of nitrogens with zero attached hydrogens (tertiary/aromatic N) is 4. The van der Waals surface area contributed by atoms with Crippen LogP contribution in [0, 0.1) is 6.92 Å². The molecule has 0 amide bonds. The molecule has 7 heteroatoms. The van der Waals surface area contributed by atoms with E-state index in [1.54, 1.807) is 11.3 Å². The zero-order valence-electron chi connectivity index (χ0n) is 9.79. The van der Waals surface area contributed by atoms with Crippen LogP contribution in [0.1, 0.15) is 11.4 Å². The van der Waals surface area contributed by atoms with Crippen molar-refractivity contribution in [2.24, 2.45) is 5.84 Å². The average molecular weight is 260 g/mol. The van der Waals surface area contributed by atoms with E-state index in [0.717, 1.165) is 15.8 Å². The summed E-state index contributed by atoms with van der Waals surface area (Å²) in [5, 5.41) is 7.14. The molecule has 0 radical (unpaired) electrons. The maximum absolute atomic E-state index is 5.48. The highest BCUT2D eigenvalue weighted by molar-refractivity contribution is 7.16. The fourth-order valence-electron chi connectivity index (χ4n) is 1.78. The lowest BCUT2D eigenvalue weighted by Crippen LogP contribution is -2.12. The predicted octanol–water partition coefficient (Wildman–Crippen LogP) is 1.53. The highest BCUT2D eigenvalue weighted by atomic mass is 32.1. The van der Waals surface area contributed by atoms with Crippen LogP contribution in [0.5, 0.6) is 0 Å². The van der Waals surface area contributed by atoms with Gasteiger partial charge < -0.3 is 5.43 Å². The molecule has 0 saturated carbocycles. The molecule has 3 N–H and O–H groups in total. The first-order valence-corrected chi connectivity index (χ1v) is 6.34. The minimum absolute atomic E-state index is 0.538. The molecule has 18 heavy (non-hydrogen) atoms. The van der Waals surface area contributed by atoms with Gasteiger partial charge in [-0.2, -0.15) is 5.10 Å². The summed E-state index contributed by atoms with van der Waals surface area (Å²) in [6, 6.07) is 1.96. The number of aryl methyl sites for hydroxylation is 1. The molecule has 3 aromatic rings. The monoisotopic (exact) mass is 260 g/mol. The fraction of sp³-hybridized carbons (Fsp3) is 0.182. The maximum atomic E-state index is 5.48. The summed E-state index contributed by atoms with van der Waals surface area (Å²) in [6.07, 6.45) is 3.77. The van der Waals surface area contributed by atoms with Crippen molar-refractivity contribution in [3.8, 4) is 0 Å². The van der Waals surface area contributed by atoms with Crippen molar-refractivity contribution in [2.75, 3.05) is 5.43 Å². The number of hydrogen-bond acceptors (Lipinski definition) is 6. The molecule has 0 atom stereocenters. The number of nitrogens with one attached hydrogen (secondary N) is 1. The average Bonchev–Trinajstić information content (AvgIpc) is 2.97. The second-order valence-electron chi connectivity index (χ2n) is 3.99. The van der Waals surface area contributed by atoms with Crippen molar-refractivity contribution in [1.29, 1.82) is 0 Å². The van der Waals surface area contributed by atoms with Gasteiger partial charge in [0.2, 0.25) is 0 Å². The molecular formula is C11H12N6S. The Morgan fingerprint density at radius 3 is 3.06 bits per heavy atom. The van der Waals surface area contributed by atoms with Gasteiger partial charge in [0, 0.05) is 6.20 Å². The van der Waals surface area contributed by atoms with Crippen molar-refractivity contribution in [1.82, 2.24) is 19.7 Å². The number of hydrogen-bond donors (Lipinski definition) is 2. The quantitative estimate of drug-likeness (QED) is 0.551. The summed E-state index contributed by atoms with van der Waals surface area (Å²) in [5.74, 6) is 6.83. The first kappa shape index (κ1) is 11.1. The number of thiophene rings is 1. The van der Waals surface area contributed by atoms with Crippen LogP contribution in [-0.2, 0) is 6.54 Å². The molecule has 3 rings (SSSR count). The van der Waals surface area contributed by atoms with Crippen molar-refractivity contribution in [2.45, 2.75) is 13.5 Å². The number of fused-ring (bicyclic) bond motifs is 1. The van der Waals surface area contributed by atoms with Crippen molar-refractivity contribution < 1.29 is 0 Å². The first-order chi connectivity index (χ1) is 8.76. The van der Waals surface area contributed by atoms with Gasteiger partial charge in [-0.3, -0.25) is 4.68 Å². The topological polar surface area (TPSA) is 81.7 Å². The molecular weight excluding hydrogens is 248 g/mol. The van der Waals surface area contributed by atoms with E-state index in [-0.39, 0.29) is 0 Å². The number of nitrogen functional groups attached to an aromatic ring is 1. The normalized spacial score (nSPS) is 11.0. The lowest BCUT2D eigenvalue weighted by Gasteiger charge is -2.05. The van der Waals surface area contributed by atoms with E-state index in [4.69, 9.17) is 5.84 Å². The third-order valence-electron chi connectivity index (χ3n) is 2.57. The third kappa shape index (κ3) is 1.93. The minimum atomic E-state index is 0.538. The Hall–Kier alpha value is -1.99. The molecule has 92 valence electrons. The van der Waals surface area contributed by atoms with Crippen LogP contribution in [0.2, 0.25) is 0 Å². The summed E-state index contributed by atoms with van der Waals surface area (Å²) in [4.78, 5) is 9.82. The Labute approximate surface area is 107 Å². The number of aromatic nitrogens is 4. The van der Waals surface area contributed by atoms with E-state index in [9.17, 15) is 0 Å². The van der Waals surface area contributed by atoms with Gasteiger partial charge in [0.15, 0.2) is 11.6 Å². The molecule has 6 nitrogen and oxygen atoms in total. The molecule has 0 saturated heterocycles. The summed E-state index contributed by atoms with van der Waals surface area (Å²) in [5.41, 5.74) is 3.73. The lowest BCUT2D eigenvalue weighted by molar-refractivity contribution is 0.658. The summed E-state index contributed by atoms with van der Waals surface area (Å²) < 4.78 is 1.81. The Morgan fingerprint density at radius 1 is 1.44 bits per heavy atom. The Kier molecular flexibility index (Phi) is 2.69. The molecule has 0 spiro atoms. The number of anilines is 1. The zero-order valence-corrected chi connectivity index (χ0v) is 10.6. The van der Waals surface area contributed by atoms with Crippen LogP contribution >= 0.6 is 11.3 Å². The largest absolute Gasteiger partial charge is 0.308 e. The summed E-state index contributed by atoms with van der Waals surface area (Å²) in [7, 11) is 0. The molecule has 0 aliphatic rings. The number of rotatable bonds is 3. The standard InChI is InChI=1S/C11H12N6S/c1-7-4-13-17(5-7)6-9-14-10(16-12)8-2-3-18-11(8)15-9/h2-5H,6,12H2,1H3,(H,14,15,16). The van der Waals surface area contributed by atoms with E-state index >= 15 is 0 Å². The molecule has 3 heterocycles. The smallest absolute Gasteiger partial charge is 0.153 e. The number of hydrazine groups is 1. The van der Waals surface area contributed by atoms with E-state index in [0.29, 0.717) is 18.2 Å². The Balaban J connectivity index is 2.01. The van der Waals surface area contributed by atoms with Crippen LogP contribution in [0.15, 0.2) is 23.8 Å². The highest BCUT2D eigenvalue weighted by Gasteiger charge is 2.08. The van der Waals surface area contributed by atoms with Gasteiger partial charge in [-0.25, -0.2) is 15.8 Å². The van der Waals surface area contributed by atoms with Crippen LogP contribution in [0.4, 0.5) is 5.82 Å². The van der Waals surface area contributed by atoms with Gasteiger partial charge in [0.05, 0.1) is 11.6 Å². The van der Waals surface area contributed by atoms with Gasteiger partial charge in [-0.15, -0.1) is 11.3 Å². The Morgan fingerprint density at radius 2 is 2.33 bits per heavy atom. The van der Waals surface area contributed by atoms with E-state index in [2.05, 4.69) is 20.5 Å². The first-order valence-electron chi connectivity index (χ1n) is 5.46. The van der Waals surface area contributed by atoms with Crippen molar-refractivity contribution in [3.05, 3.63) is 35.2 Å². The minimum Gasteiger partial charge on any atom is -0.308 e. The maximum Gasteiger partial charge on any atom is 0.153 e. The second-order valence-corrected chi connectivity index (χ2v) is 4.88. The van der Waals surface area contributed by atoms with Gasteiger partial charge >= 0.3 is 0 Å². The molecule has 0 fully saturated rings. The summed E-state index contributed by atoms with van der Waals surface area (Å²) in [6.45, 7) is 2.54. The van der Waals surface area contributed by atoms with Crippen LogP contribution < -0.4 is 11.3 Å². The summed E-state index contributed by atoms with van der Waals surface area (Å²) >= 11 is 1.57. The van der Waals surface area contributed by atoms with Gasteiger partial charge in [-0.1, -0.05) is 0 Å². The Bertz CT molecular complexity index is 686. The molecule has 0 unspecified atom stereocenters. The zero-order chi connectivity index (χ0) is 12.5. The molecule has 0 aromatic carbocycles. The fourth-order valence-corrected chi connectivity index (χ4v) is 2.56. The molecule has 0 bridgehead atoms. The van der Waals surface area contributed by atoms with Gasteiger partial charge in [-0.05, 0) is 23.9 Å². The molecule has 0 aliphatic heterocycles. The highest BCUT2D eigenvalue weighted by Crippen LogP contribution is 2.24. The second kappa shape index (κ2) is 4.35. The van der Waals surface area contributed by atoms with Gasteiger partial charge in [0.1, 0.15) is 11.4 Å². The predicted molar refractivity (Wildman–Crippen MR) is 71.3 cm³/mol. The van der Waals surface area contributed by atoms with Crippen molar-refractivity contribution >= 4 is 27.4 Å². The van der Waals surface area contributed by atoms with Crippen LogP contribution in [0.3, 0.4) is 0 Å². The van der Waals surface area contributed by atoms with Gasteiger partial charge in [0.25, 0.3) is 0 Å². The lowest BCUT2D eigenvalue weighted by atomic mass is 10.4. The number of nitrogens with two attached hydrogens (primary N) is 1. The van der Waals surface area contributed by atoms with Crippen molar-refractivity contribution in [3.63, 3.8) is 0 Å².